The summed E-state index contributed by atoms with van der Waals surface area (Å²) in [5, 5.41) is 21.0. The van der Waals surface area contributed by atoms with Crippen molar-refractivity contribution in [2.45, 2.75) is 13.8 Å². The van der Waals surface area contributed by atoms with E-state index in [0.717, 1.165) is 0 Å². The molecule has 0 radical (unpaired) electrons. The van der Waals surface area contributed by atoms with Crippen LogP contribution in [0.3, 0.4) is 0 Å². The fourth-order valence-electron chi connectivity index (χ4n) is 2.00. The summed E-state index contributed by atoms with van der Waals surface area (Å²) in [5.41, 5.74) is 1.46. The third-order valence-corrected chi connectivity index (χ3v) is 3.15. The van der Waals surface area contributed by atoms with Crippen molar-refractivity contribution in [1.29, 1.82) is 0 Å². The van der Waals surface area contributed by atoms with Gasteiger partial charge in [-0.2, -0.15) is 0 Å². The molecule has 0 bridgehead atoms. The van der Waals surface area contributed by atoms with Gasteiger partial charge in [-0.3, -0.25) is 15.1 Å². The van der Waals surface area contributed by atoms with Crippen LogP contribution >= 0.6 is 0 Å². The molecule has 0 heterocycles. The zero-order chi connectivity index (χ0) is 16.1. The average Bonchev–Trinajstić information content (AvgIpc) is 2.49. The van der Waals surface area contributed by atoms with Gasteiger partial charge in [-0.25, -0.2) is 0 Å². The molecule has 0 atom stereocenters. The van der Waals surface area contributed by atoms with E-state index in [-0.39, 0.29) is 11.4 Å². The van der Waals surface area contributed by atoms with E-state index in [2.05, 4.69) is 4.99 Å². The fraction of sp³-hybridized carbons (Fsp3) is 0.188. The minimum atomic E-state index is -0.443. The molecule has 0 aliphatic carbocycles. The number of hydrogen-bond acceptors (Lipinski definition) is 5. The summed E-state index contributed by atoms with van der Waals surface area (Å²) in [4.78, 5) is 14.7. The lowest BCUT2D eigenvalue weighted by molar-refractivity contribution is -0.385. The normalized spacial score (nSPS) is 10.8. The number of ether oxygens (including phenoxy) is 1. The molecular formula is C16H16N2O4. The van der Waals surface area contributed by atoms with Crippen molar-refractivity contribution in [2.75, 3.05) is 6.61 Å². The van der Waals surface area contributed by atoms with Gasteiger partial charge in [0.05, 0.1) is 22.8 Å². The van der Waals surface area contributed by atoms with E-state index in [1.165, 1.54) is 12.3 Å². The highest BCUT2D eigenvalue weighted by molar-refractivity contribution is 5.87. The first-order valence-corrected chi connectivity index (χ1v) is 6.77. The van der Waals surface area contributed by atoms with Crippen LogP contribution in [0.4, 0.5) is 11.4 Å². The Hall–Kier alpha value is -2.89. The predicted molar refractivity (Wildman–Crippen MR) is 84.4 cm³/mol. The first kappa shape index (κ1) is 15.5. The predicted octanol–water partition coefficient (Wildman–Crippen LogP) is 3.76. The number of para-hydroxylation sites is 1. The highest BCUT2D eigenvalue weighted by Gasteiger charge is 2.12. The molecule has 0 saturated heterocycles. The van der Waals surface area contributed by atoms with Crippen LogP contribution in [0.2, 0.25) is 0 Å². The molecule has 0 amide bonds. The number of nitro benzene ring substituents is 1. The van der Waals surface area contributed by atoms with Crippen LogP contribution in [0, 0.1) is 17.0 Å². The molecule has 6 nitrogen and oxygen atoms in total. The number of phenols is 1. The maximum atomic E-state index is 10.9. The molecule has 2 rings (SSSR count). The lowest BCUT2D eigenvalue weighted by Crippen LogP contribution is -1.94. The van der Waals surface area contributed by atoms with Gasteiger partial charge >= 0.3 is 0 Å². The molecule has 0 aliphatic heterocycles. The topological polar surface area (TPSA) is 85.0 Å². The van der Waals surface area contributed by atoms with Gasteiger partial charge in [-0.15, -0.1) is 0 Å². The zero-order valence-corrected chi connectivity index (χ0v) is 12.3. The number of aliphatic imine (C=N–C) groups is 1. The third kappa shape index (κ3) is 3.22. The van der Waals surface area contributed by atoms with E-state index in [9.17, 15) is 15.2 Å². The molecule has 2 aromatic carbocycles. The first-order valence-electron chi connectivity index (χ1n) is 6.77. The summed E-state index contributed by atoms with van der Waals surface area (Å²) < 4.78 is 5.30. The minimum absolute atomic E-state index is 0.00353. The Kier molecular flexibility index (Phi) is 4.73. The molecule has 114 valence electrons. The standard InChI is InChI=1S/C16H16N2O4/c1-3-22-15-9-4-6-12(16(15)19)10-17-13-7-5-8-14(11(13)2)18(20)21/h4-10,19H,3H2,1-2H3. The van der Waals surface area contributed by atoms with E-state index >= 15 is 0 Å². The van der Waals surface area contributed by atoms with Crippen LogP contribution in [0.25, 0.3) is 0 Å². The highest BCUT2D eigenvalue weighted by atomic mass is 16.6. The summed E-state index contributed by atoms with van der Waals surface area (Å²) in [6, 6.07) is 9.79. The Balaban J connectivity index is 2.35. The van der Waals surface area contributed by atoms with Crippen LogP contribution in [0.1, 0.15) is 18.1 Å². The van der Waals surface area contributed by atoms with Gasteiger partial charge in [-0.1, -0.05) is 12.1 Å². The Morgan fingerprint density at radius 3 is 2.73 bits per heavy atom. The molecule has 0 spiro atoms. The molecule has 6 heteroatoms. The van der Waals surface area contributed by atoms with Crippen LogP contribution in [-0.2, 0) is 0 Å². The average molecular weight is 300 g/mol. The van der Waals surface area contributed by atoms with Crippen molar-refractivity contribution >= 4 is 17.6 Å². The van der Waals surface area contributed by atoms with Gasteiger partial charge in [0.25, 0.3) is 5.69 Å². The molecule has 0 saturated carbocycles. The molecule has 0 fully saturated rings. The van der Waals surface area contributed by atoms with Gasteiger partial charge in [0.2, 0.25) is 0 Å². The first-order chi connectivity index (χ1) is 10.5. The molecular weight excluding hydrogens is 284 g/mol. The maximum Gasteiger partial charge on any atom is 0.274 e. The largest absolute Gasteiger partial charge is 0.504 e. The SMILES string of the molecule is CCOc1cccc(C=Nc2cccc([N+](=O)[O-])c2C)c1O. The van der Waals surface area contributed by atoms with Crippen LogP contribution in [-0.4, -0.2) is 22.9 Å². The molecule has 0 aliphatic rings. The number of benzene rings is 2. The van der Waals surface area contributed by atoms with E-state index < -0.39 is 4.92 Å². The number of aromatic hydroxyl groups is 1. The summed E-state index contributed by atoms with van der Waals surface area (Å²) in [5.74, 6) is 0.374. The van der Waals surface area contributed by atoms with Crippen molar-refractivity contribution in [3.8, 4) is 11.5 Å². The van der Waals surface area contributed by atoms with E-state index in [0.29, 0.717) is 29.2 Å². The Morgan fingerprint density at radius 1 is 1.32 bits per heavy atom. The van der Waals surface area contributed by atoms with Gasteiger partial charge in [0.1, 0.15) is 0 Å². The van der Waals surface area contributed by atoms with Gasteiger partial charge in [-0.05, 0) is 32.0 Å². The number of rotatable bonds is 5. The highest BCUT2D eigenvalue weighted by Crippen LogP contribution is 2.30. The van der Waals surface area contributed by atoms with Crippen molar-refractivity contribution in [1.82, 2.24) is 0 Å². The van der Waals surface area contributed by atoms with Crippen molar-refractivity contribution in [3.05, 3.63) is 57.6 Å². The summed E-state index contributed by atoms with van der Waals surface area (Å²) >= 11 is 0. The fourth-order valence-corrected chi connectivity index (χ4v) is 2.00. The van der Waals surface area contributed by atoms with Crippen molar-refractivity contribution in [3.63, 3.8) is 0 Å². The van der Waals surface area contributed by atoms with Crippen LogP contribution < -0.4 is 4.74 Å². The summed E-state index contributed by atoms with van der Waals surface area (Å²) in [7, 11) is 0. The Bertz CT molecular complexity index is 726. The zero-order valence-electron chi connectivity index (χ0n) is 12.3. The smallest absolute Gasteiger partial charge is 0.274 e. The van der Waals surface area contributed by atoms with Gasteiger partial charge in [0.15, 0.2) is 11.5 Å². The van der Waals surface area contributed by atoms with Crippen LogP contribution in [0.15, 0.2) is 41.4 Å². The van der Waals surface area contributed by atoms with Crippen molar-refractivity contribution in [2.24, 2.45) is 4.99 Å². The molecule has 1 N–H and O–H groups in total. The second kappa shape index (κ2) is 6.71. The molecule has 0 unspecified atom stereocenters. The van der Waals surface area contributed by atoms with Crippen LogP contribution in [0.5, 0.6) is 11.5 Å². The Labute approximate surface area is 127 Å². The Morgan fingerprint density at radius 2 is 2.05 bits per heavy atom. The maximum absolute atomic E-state index is 10.9. The second-order valence-electron chi connectivity index (χ2n) is 4.56. The van der Waals surface area contributed by atoms with E-state index in [1.807, 2.05) is 6.92 Å². The molecule has 22 heavy (non-hydrogen) atoms. The lowest BCUT2D eigenvalue weighted by Gasteiger charge is -2.07. The molecule has 0 aromatic heterocycles. The second-order valence-corrected chi connectivity index (χ2v) is 4.56. The number of hydrogen-bond donors (Lipinski definition) is 1. The number of phenolic OH excluding ortho intramolecular Hbond substituents is 1. The lowest BCUT2D eigenvalue weighted by atomic mass is 10.1. The van der Waals surface area contributed by atoms with Crippen molar-refractivity contribution < 1.29 is 14.8 Å². The van der Waals surface area contributed by atoms with E-state index in [4.69, 9.17) is 4.74 Å². The number of nitro groups is 1. The van der Waals surface area contributed by atoms with Gasteiger partial charge < -0.3 is 9.84 Å². The summed E-state index contributed by atoms with van der Waals surface area (Å²) in [6.07, 6.45) is 1.46. The van der Waals surface area contributed by atoms with E-state index in [1.54, 1.807) is 37.3 Å². The third-order valence-electron chi connectivity index (χ3n) is 3.15. The minimum Gasteiger partial charge on any atom is -0.504 e. The summed E-state index contributed by atoms with van der Waals surface area (Å²) in [6.45, 7) is 3.91. The van der Waals surface area contributed by atoms with Gasteiger partial charge in [0, 0.05) is 17.8 Å². The number of nitrogens with zero attached hydrogens (tertiary/aromatic N) is 2. The quantitative estimate of drug-likeness (QED) is 0.517. The molecule has 2 aromatic rings. The monoisotopic (exact) mass is 300 g/mol.